The van der Waals surface area contributed by atoms with Crippen LogP contribution in [-0.2, 0) is 9.59 Å². The van der Waals surface area contributed by atoms with E-state index < -0.39 is 17.9 Å². The molecule has 4 unspecified atom stereocenters. The van der Waals surface area contributed by atoms with Gasteiger partial charge in [-0.1, -0.05) is 42.5 Å². The van der Waals surface area contributed by atoms with Crippen molar-refractivity contribution in [3.05, 3.63) is 93.3 Å². The number of amides is 2. The molecule has 4 atom stereocenters. The summed E-state index contributed by atoms with van der Waals surface area (Å²) in [6.45, 7) is 3.90. The smallest absolute Gasteiger partial charge is 0.240 e. The zero-order valence-electron chi connectivity index (χ0n) is 18.3. The van der Waals surface area contributed by atoms with Crippen molar-refractivity contribution in [1.82, 2.24) is 4.90 Å². The van der Waals surface area contributed by atoms with Crippen molar-refractivity contribution < 1.29 is 14.4 Å². The second kappa shape index (κ2) is 7.25. The Labute approximate surface area is 195 Å². The predicted molar refractivity (Wildman–Crippen MR) is 128 cm³/mol. The molecule has 0 spiro atoms. The Hall–Kier alpha value is -3.51. The van der Waals surface area contributed by atoms with Gasteiger partial charge in [0.15, 0.2) is 5.78 Å². The molecule has 164 valence electrons. The number of imide groups is 1. The summed E-state index contributed by atoms with van der Waals surface area (Å²) in [5.74, 6) is -1.95. The number of nitrogens with zero attached hydrogens (tertiary/aromatic N) is 2. The number of anilines is 1. The summed E-state index contributed by atoms with van der Waals surface area (Å²) in [5, 5.41) is 1.86. The minimum absolute atomic E-state index is 0.101. The first-order chi connectivity index (χ1) is 16.0. The third-order valence-electron chi connectivity index (χ3n) is 7.31. The molecule has 6 heteroatoms. The molecule has 6 rings (SSSR count). The molecule has 3 aliphatic rings. The minimum Gasteiger partial charge on any atom is -0.358 e. The fourth-order valence-corrected chi connectivity index (χ4v) is 6.33. The Kier molecular flexibility index (Phi) is 4.42. The summed E-state index contributed by atoms with van der Waals surface area (Å²) in [6.07, 6.45) is 3.86. The van der Waals surface area contributed by atoms with E-state index in [1.807, 2.05) is 84.9 Å². The third-order valence-corrected chi connectivity index (χ3v) is 8.20. The zero-order valence-corrected chi connectivity index (χ0v) is 19.1. The average Bonchev–Trinajstić information content (AvgIpc) is 3.52. The normalized spacial score (nSPS) is 25.3. The van der Waals surface area contributed by atoms with Crippen LogP contribution in [0, 0.1) is 25.7 Å². The van der Waals surface area contributed by atoms with E-state index in [-0.39, 0.29) is 23.6 Å². The molecule has 3 aliphatic heterocycles. The van der Waals surface area contributed by atoms with Crippen LogP contribution < -0.4 is 4.90 Å². The van der Waals surface area contributed by atoms with Crippen LogP contribution in [0.4, 0.5) is 5.69 Å². The van der Waals surface area contributed by atoms with E-state index >= 15 is 0 Å². The van der Waals surface area contributed by atoms with E-state index in [9.17, 15) is 14.4 Å². The van der Waals surface area contributed by atoms with Gasteiger partial charge in [-0.3, -0.25) is 14.4 Å². The molecule has 33 heavy (non-hydrogen) atoms. The van der Waals surface area contributed by atoms with Crippen LogP contribution in [0.3, 0.4) is 0 Å². The van der Waals surface area contributed by atoms with Crippen LogP contribution in [0.5, 0.6) is 0 Å². The maximum Gasteiger partial charge on any atom is 0.240 e. The molecule has 0 saturated carbocycles. The van der Waals surface area contributed by atoms with Crippen molar-refractivity contribution in [2.45, 2.75) is 25.9 Å². The van der Waals surface area contributed by atoms with Crippen molar-refractivity contribution in [3.8, 4) is 0 Å². The van der Waals surface area contributed by atoms with Gasteiger partial charge in [0, 0.05) is 6.20 Å². The lowest BCUT2D eigenvalue weighted by Crippen LogP contribution is -2.44. The molecule has 4 heterocycles. The number of carbonyl (C=O) groups is 3. The molecular formula is C27H22N2O3S. The second-order valence-electron chi connectivity index (χ2n) is 8.91. The van der Waals surface area contributed by atoms with Crippen LogP contribution in [0.1, 0.15) is 38.0 Å². The Morgan fingerprint density at radius 3 is 2.48 bits per heavy atom. The van der Waals surface area contributed by atoms with E-state index in [4.69, 9.17) is 0 Å². The molecule has 5 nitrogen and oxygen atoms in total. The quantitative estimate of drug-likeness (QED) is 0.423. The SMILES string of the molecule is Cc1cccc(N2C(=O)C3C(C2=O)C2c4ccccc4C=CN2C3C(=O)c2cccs2)c1C. The monoisotopic (exact) mass is 454 g/mol. The van der Waals surface area contributed by atoms with Gasteiger partial charge in [0.2, 0.25) is 11.8 Å². The Bertz CT molecular complexity index is 1340. The molecule has 2 saturated heterocycles. The predicted octanol–water partition coefficient (Wildman–Crippen LogP) is 4.76. The van der Waals surface area contributed by atoms with Crippen LogP contribution >= 0.6 is 11.3 Å². The van der Waals surface area contributed by atoms with E-state index in [1.165, 1.54) is 16.2 Å². The first kappa shape index (κ1) is 20.1. The summed E-state index contributed by atoms with van der Waals surface area (Å²) in [6, 6.07) is 16.2. The molecule has 0 radical (unpaired) electrons. The van der Waals surface area contributed by atoms with Gasteiger partial charge in [0.05, 0.1) is 28.4 Å². The van der Waals surface area contributed by atoms with Crippen molar-refractivity contribution in [2.24, 2.45) is 11.8 Å². The van der Waals surface area contributed by atoms with E-state index in [0.717, 1.165) is 22.3 Å². The Morgan fingerprint density at radius 1 is 0.909 bits per heavy atom. The fourth-order valence-electron chi connectivity index (χ4n) is 5.64. The van der Waals surface area contributed by atoms with E-state index in [1.54, 1.807) is 6.07 Å². The zero-order chi connectivity index (χ0) is 22.9. The molecule has 2 amide bonds. The highest BCUT2D eigenvalue weighted by molar-refractivity contribution is 7.12. The highest BCUT2D eigenvalue weighted by Gasteiger charge is 2.64. The van der Waals surface area contributed by atoms with Crippen LogP contribution in [0.2, 0.25) is 0 Å². The van der Waals surface area contributed by atoms with Crippen LogP contribution in [0.25, 0.3) is 6.08 Å². The fraction of sp³-hybridized carbons (Fsp3) is 0.222. The average molecular weight is 455 g/mol. The first-order valence-electron chi connectivity index (χ1n) is 11.1. The van der Waals surface area contributed by atoms with Crippen molar-refractivity contribution in [1.29, 1.82) is 0 Å². The Balaban J connectivity index is 1.52. The molecular weight excluding hydrogens is 432 g/mol. The van der Waals surface area contributed by atoms with Crippen molar-refractivity contribution in [2.75, 3.05) is 4.90 Å². The topological polar surface area (TPSA) is 57.7 Å². The lowest BCUT2D eigenvalue weighted by Gasteiger charge is -2.35. The maximum absolute atomic E-state index is 13.9. The molecule has 3 aromatic rings. The minimum atomic E-state index is -0.729. The van der Waals surface area contributed by atoms with Gasteiger partial charge in [-0.15, -0.1) is 11.3 Å². The third kappa shape index (κ3) is 2.74. The number of aryl methyl sites for hydroxylation is 1. The van der Waals surface area contributed by atoms with Crippen LogP contribution in [0.15, 0.2) is 66.2 Å². The molecule has 2 fully saturated rings. The van der Waals surface area contributed by atoms with E-state index in [2.05, 4.69) is 0 Å². The number of hydrogen-bond donors (Lipinski definition) is 0. The summed E-state index contributed by atoms with van der Waals surface area (Å²) < 4.78 is 0. The Morgan fingerprint density at radius 2 is 1.70 bits per heavy atom. The number of Topliss-reactive ketones (excluding diaryl/α,β-unsaturated/α-hetero) is 1. The second-order valence-corrected chi connectivity index (χ2v) is 9.85. The summed E-state index contributed by atoms with van der Waals surface area (Å²) >= 11 is 1.37. The highest BCUT2D eigenvalue weighted by Crippen LogP contribution is 2.54. The number of ketones is 1. The number of fused-ring (bicyclic) bond motifs is 5. The number of hydrogen-bond acceptors (Lipinski definition) is 5. The summed E-state index contributed by atoms with van der Waals surface area (Å²) in [7, 11) is 0. The molecule has 2 aromatic carbocycles. The van der Waals surface area contributed by atoms with Crippen molar-refractivity contribution in [3.63, 3.8) is 0 Å². The first-order valence-corrected chi connectivity index (χ1v) is 11.9. The lowest BCUT2D eigenvalue weighted by atomic mass is 9.84. The van der Waals surface area contributed by atoms with Gasteiger partial charge < -0.3 is 4.90 Å². The number of rotatable bonds is 3. The maximum atomic E-state index is 13.9. The largest absolute Gasteiger partial charge is 0.358 e. The van der Waals surface area contributed by atoms with Gasteiger partial charge in [-0.05, 0) is 59.7 Å². The molecule has 0 aliphatic carbocycles. The highest BCUT2D eigenvalue weighted by atomic mass is 32.1. The van der Waals surface area contributed by atoms with Gasteiger partial charge in [0.1, 0.15) is 6.04 Å². The number of thiophene rings is 1. The van der Waals surface area contributed by atoms with Crippen LogP contribution in [-0.4, -0.2) is 28.5 Å². The number of carbonyl (C=O) groups excluding carboxylic acids is 3. The van der Waals surface area contributed by atoms with Gasteiger partial charge in [-0.25, -0.2) is 4.90 Å². The number of benzene rings is 2. The standard InChI is InChI=1S/C27H22N2O3S/c1-15-7-5-10-19(16(15)2)29-26(31)21-22(27(29)32)24(25(30)20-11-6-14-33-20)28-13-12-17-8-3-4-9-18(17)23(21)28/h3-14,21-24H,1-2H3. The molecule has 0 bridgehead atoms. The van der Waals surface area contributed by atoms with E-state index in [0.29, 0.717) is 10.6 Å². The molecule has 1 aromatic heterocycles. The van der Waals surface area contributed by atoms with Crippen molar-refractivity contribution >= 4 is 40.7 Å². The van der Waals surface area contributed by atoms with Gasteiger partial charge in [-0.2, -0.15) is 0 Å². The summed E-state index contributed by atoms with van der Waals surface area (Å²) in [4.78, 5) is 45.4. The van der Waals surface area contributed by atoms with Gasteiger partial charge in [0.25, 0.3) is 0 Å². The molecule has 0 N–H and O–H groups in total. The van der Waals surface area contributed by atoms with Gasteiger partial charge >= 0.3 is 0 Å². The summed E-state index contributed by atoms with van der Waals surface area (Å²) in [5.41, 5.74) is 4.55. The lowest BCUT2D eigenvalue weighted by molar-refractivity contribution is -0.123.